The lowest BCUT2D eigenvalue weighted by Crippen LogP contribution is -2.60. The van der Waals surface area contributed by atoms with Crippen LogP contribution in [-0.2, 0) is 4.79 Å². The Hall–Kier alpha value is -1.88. The number of carbonyl (C=O) groups excluding carboxylic acids is 1. The molecule has 4 fully saturated rings. The molecule has 0 saturated heterocycles. The van der Waals surface area contributed by atoms with Crippen LogP contribution in [0.2, 0.25) is 0 Å². The minimum absolute atomic E-state index is 0.147. The van der Waals surface area contributed by atoms with Gasteiger partial charge >= 0.3 is 5.97 Å². The van der Waals surface area contributed by atoms with E-state index in [1.54, 1.807) is 12.1 Å². The molecule has 4 aliphatic carbocycles. The zero-order valence-corrected chi connectivity index (χ0v) is 30.8. The molecule has 4 saturated carbocycles. The van der Waals surface area contributed by atoms with Gasteiger partial charge in [0.15, 0.2) is 0 Å². The Morgan fingerprint density at radius 2 is 1.65 bits per heavy atom. The molecule has 46 heavy (non-hydrogen) atoms. The second kappa shape index (κ2) is 13.2. The van der Waals surface area contributed by atoms with E-state index < -0.39 is 5.97 Å². The number of benzene rings is 1. The van der Waals surface area contributed by atoms with Gasteiger partial charge in [-0.3, -0.25) is 4.79 Å². The fraction of sp³-hybridized carbons (Fsp3) is 0.805. The van der Waals surface area contributed by atoms with Gasteiger partial charge in [0.2, 0.25) is 5.91 Å². The van der Waals surface area contributed by atoms with Gasteiger partial charge in [0.1, 0.15) is 0 Å². The van der Waals surface area contributed by atoms with Gasteiger partial charge in [0.25, 0.3) is 0 Å². The molecule has 0 aliphatic heterocycles. The van der Waals surface area contributed by atoms with Crippen LogP contribution in [0.15, 0.2) is 24.3 Å². The van der Waals surface area contributed by atoms with Crippen molar-refractivity contribution in [2.24, 2.45) is 57.2 Å². The molecule has 9 atom stereocenters. The number of nitrogens with zero attached hydrogens (tertiary/aromatic N) is 1. The number of fused-ring (bicyclic) bond motifs is 3. The molecule has 1 aromatic carbocycles. The molecule has 5 nitrogen and oxygen atoms in total. The lowest BCUT2D eigenvalue weighted by molar-refractivity contribution is -0.167. The smallest absolute Gasteiger partial charge is 0.335 e. The maximum atomic E-state index is 14.2. The topological polar surface area (TPSA) is 69.6 Å². The molecule has 0 radical (unpaired) electrons. The fourth-order valence-corrected chi connectivity index (χ4v) is 12.2. The maximum absolute atomic E-state index is 14.2. The first-order valence-corrected chi connectivity index (χ1v) is 18.8. The van der Waals surface area contributed by atoms with E-state index in [0.29, 0.717) is 52.9 Å². The molecule has 0 heterocycles. The summed E-state index contributed by atoms with van der Waals surface area (Å²) in [6.45, 7) is 19.2. The molecule has 258 valence electrons. The van der Waals surface area contributed by atoms with Gasteiger partial charge in [-0.05, 0) is 154 Å². The highest BCUT2D eigenvalue weighted by Crippen LogP contribution is 2.71. The van der Waals surface area contributed by atoms with E-state index in [1.807, 2.05) is 0 Å². The van der Waals surface area contributed by atoms with Crippen LogP contribution < -0.4 is 5.32 Å². The van der Waals surface area contributed by atoms with Gasteiger partial charge in [-0.25, -0.2) is 4.79 Å². The molecular weight excluding hydrogens is 568 g/mol. The van der Waals surface area contributed by atoms with Crippen LogP contribution in [0.4, 0.5) is 0 Å². The number of hydrogen-bond acceptors (Lipinski definition) is 3. The van der Waals surface area contributed by atoms with Gasteiger partial charge in [-0.1, -0.05) is 67.0 Å². The average Bonchev–Trinajstić information content (AvgIpc) is 3.39. The van der Waals surface area contributed by atoms with Crippen LogP contribution in [0.3, 0.4) is 0 Å². The lowest BCUT2D eigenvalue weighted by Gasteiger charge is -2.64. The van der Waals surface area contributed by atoms with E-state index in [9.17, 15) is 14.7 Å². The van der Waals surface area contributed by atoms with Crippen molar-refractivity contribution in [3.63, 3.8) is 0 Å². The van der Waals surface area contributed by atoms with E-state index in [4.69, 9.17) is 0 Å². The Bertz CT molecular complexity index is 1240. The van der Waals surface area contributed by atoms with Crippen LogP contribution in [0.1, 0.15) is 141 Å². The molecule has 0 aromatic heterocycles. The van der Waals surface area contributed by atoms with E-state index >= 15 is 0 Å². The summed E-state index contributed by atoms with van der Waals surface area (Å²) < 4.78 is 0. The molecule has 0 bridgehead atoms. The van der Waals surface area contributed by atoms with E-state index in [-0.39, 0.29) is 21.7 Å². The van der Waals surface area contributed by atoms with Crippen molar-refractivity contribution in [3.05, 3.63) is 35.4 Å². The second-order valence-corrected chi connectivity index (χ2v) is 18.2. The third-order valence-electron chi connectivity index (χ3n) is 15.2. The fourth-order valence-electron chi connectivity index (χ4n) is 12.2. The second-order valence-electron chi connectivity index (χ2n) is 18.2. The predicted molar refractivity (Wildman–Crippen MR) is 189 cm³/mol. The number of likely N-dealkylation sites (N-methyl/N-ethyl adjacent to an activating group) is 1. The van der Waals surface area contributed by atoms with Gasteiger partial charge in [-0.15, -0.1) is 0 Å². The average molecular weight is 635 g/mol. The summed E-state index contributed by atoms with van der Waals surface area (Å²) in [7, 11) is 4.17. The van der Waals surface area contributed by atoms with Gasteiger partial charge in [0.05, 0.1) is 11.0 Å². The van der Waals surface area contributed by atoms with E-state index in [1.165, 1.54) is 63.4 Å². The van der Waals surface area contributed by atoms with Gasteiger partial charge in [-0.2, -0.15) is 0 Å². The van der Waals surface area contributed by atoms with Crippen molar-refractivity contribution in [1.82, 2.24) is 10.2 Å². The van der Waals surface area contributed by atoms with Crippen molar-refractivity contribution in [1.29, 1.82) is 0 Å². The molecule has 5 heteroatoms. The first kappa shape index (κ1) is 35.4. The number of nitrogens with one attached hydrogen (secondary N) is 1. The lowest BCUT2D eigenvalue weighted by atomic mass is 9.40. The van der Waals surface area contributed by atoms with Crippen molar-refractivity contribution in [2.45, 2.75) is 125 Å². The van der Waals surface area contributed by atoms with Crippen molar-refractivity contribution in [2.75, 3.05) is 27.2 Å². The van der Waals surface area contributed by atoms with E-state index in [0.717, 1.165) is 25.9 Å². The highest BCUT2D eigenvalue weighted by atomic mass is 16.4. The Morgan fingerprint density at radius 1 is 0.957 bits per heavy atom. The number of carbonyl (C=O) groups is 2. The summed E-state index contributed by atoms with van der Waals surface area (Å²) in [4.78, 5) is 27.8. The first-order chi connectivity index (χ1) is 21.6. The van der Waals surface area contributed by atoms with Crippen molar-refractivity contribution in [3.8, 4) is 0 Å². The van der Waals surface area contributed by atoms with Crippen LogP contribution in [0.5, 0.6) is 0 Å². The largest absolute Gasteiger partial charge is 0.478 e. The zero-order chi connectivity index (χ0) is 33.7. The molecule has 4 aliphatic rings. The quantitative estimate of drug-likeness (QED) is 0.269. The number of rotatable bonds is 10. The zero-order valence-electron chi connectivity index (χ0n) is 30.8. The number of carboxylic acid groups (broad SMARTS) is 1. The van der Waals surface area contributed by atoms with Crippen LogP contribution in [-0.4, -0.2) is 49.1 Å². The van der Waals surface area contributed by atoms with E-state index in [2.05, 4.69) is 84.9 Å². The third kappa shape index (κ3) is 6.09. The summed E-state index contributed by atoms with van der Waals surface area (Å²) in [6.07, 6.45) is 13.3. The maximum Gasteiger partial charge on any atom is 0.335 e. The summed E-state index contributed by atoms with van der Waals surface area (Å²) in [5, 5.41) is 12.9. The standard InChI is InChI=1S/C41H66N2O3/c1-27(2)31-18-22-41(37(46)42-25-26-43(8)9)24-23-40(7)34(35(31)41)11-10-20-39(40,6)21-19-32-28(3)12-17-33(38(32,4)5)29-13-15-30(16-14-29)36(44)45/h13-16,27-28,31-35H,10-12,17-26H2,1-9H3,(H,42,46)(H,44,45). The summed E-state index contributed by atoms with van der Waals surface area (Å²) in [6, 6.07) is 7.75. The van der Waals surface area contributed by atoms with Crippen molar-refractivity contribution >= 4 is 11.9 Å². The van der Waals surface area contributed by atoms with Crippen molar-refractivity contribution < 1.29 is 14.7 Å². The number of hydrogen-bond donors (Lipinski definition) is 2. The van der Waals surface area contributed by atoms with Crippen LogP contribution in [0, 0.1) is 57.2 Å². The number of carboxylic acids is 1. The molecule has 0 spiro atoms. The summed E-state index contributed by atoms with van der Waals surface area (Å²) in [5.41, 5.74) is 2.17. The number of aromatic carboxylic acids is 1. The SMILES string of the molecule is CC(C)C1CCC2(C(=O)NCCN(C)C)CCC3(C)C(CCCC3(C)CCC3C(C)CCC(c4ccc(C(=O)O)cc4)C3(C)C)C12. The molecule has 1 amide bonds. The summed E-state index contributed by atoms with van der Waals surface area (Å²) in [5.74, 6) is 3.63. The van der Waals surface area contributed by atoms with Gasteiger partial charge < -0.3 is 15.3 Å². The Kier molecular flexibility index (Phi) is 10.2. The Morgan fingerprint density at radius 3 is 2.28 bits per heavy atom. The molecule has 2 N–H and O–H groups in total. The Labute approximate surface area is 281 Å². The highest BCUT2D eigenvalue weighted by molar-refractivity contribution is 5.87. The summed E-state index contributed by atoms with van der Waals surface area (Å²) >= 11 is 0. The molecule has 9 unspecified atom stereocenters. The van der Waals surface area contributed by atoms with Crippen LogP contribution in [0.25, 0.3) is 0 Å². The normalized spacial score (nSPS) is 38.8. The third-order valence-corrected chi connectivity index (χ3v) is 15.2. The minimum Gasteiger partial charge on any atom is -0.478 e. The number of amides is 1. The Balaban J connectivity index is 1.38. The highest BCUT2D eigenvalue weighted by Gasteiger charge is 2.66. The predicted octanol–water partition coefficient (Wildman–Crippen LogP) is 9.27. The molecule has 1 aromatic rings. The molecular formula is C41H66N2O3. The van der Waals surface area contributed by atoms with Gasteiger partial charge in [0, 0.05) is 13.1 Å². The first-order valence-electron chi connectivity index (χ1n) is 18.8. The minimum atomic E-state index is -0.851. The monoisotopic (exact) mass is 635 g/mol. The van der Waals surface area contributed by atoms with Crippen LogP contribution >= 0.6 is 0 Å². The molecule has 5 rings (SSSR count).